The Morgan fingerprint density at radius 1 is 1.29 bits per heavy atom. The predicted molar refractivity (Wildman–Crippen MR) is 87.9 cm³/mol. The molecule has 1 amide bonds. The van der Waals surface area contributed by atoms with Crippen molar-refractivity contribution in [2.45, 2.75) is 6.54 Å². The van der Waals surface area contributed by atoms with Crippen LogP contribution in [0.5, 0.6) is 0 Å². The van der Waals surface area contributed by atoms with E-state index in [4.69, 9.17) is 28.9 Å². The Hall–Kier alpha value is -1.51. The van der Waals surface area contributed by atoms with E-state index < -0.39 is 0 Å². The monoisotopic (exact) mass is 338 g/mol. The molecule has 6 heteroatoms. The van der Waals surface area contributed by atoms with Gasteiger partial charge in [0.25, 0.3) is 5.91 Å². The van der Waals surface area contributed by atoms with Crippen molar-refractivity contribution >= 4 is 40.4 Å². The van der Waals surface area contributed by atoms with Crippen LogP contribution in [0.4, 0.5) is 0 Å². The number of hydrogen-bond donors (Lipinski definition) is 2. The molecule has 0 atom stereocenters. The number of thiophene rings is 1. The van der Waals surface area contributed by atoms with Crippen molar-refractivity contribution < 1.29 is 4.79 Å². The Bertz CT molecular complexity index is 716. The smallest absolute Gasteiger partial charge is 0.251 e. The highest BCUT2D eigenvalue weighted by Crippen LogP contribution is 2.22. The van der Waals surface area contributed by atoms with E-state index in [1.807, 2.05) is 11.4 Å². The van der Waals surface area contributed by atoms with E-state index in [0.29, 0.717) is 28.7 Å². The van der Waals surface area contributed by atoms with Crippen molar-refractivity contribution in [1.29, 1.82) is 0 Å². The lowest BCUT2D eigenvalue weighted by Crippen LogP contribution is -2.22. The molecular formula is C15H12Cl2N2OS. The molecule has 0 saturated carbocycles. The highest BCUT2D eigenvalue weighted by atomic mass is 35.5. The van der Waals surface area contributed by atoms with E-state index >= 15 is 0 Å². The van der Waals surface area contributed by atoms with Gasteiger partial charge in [-0.1, -0.05) is 35.0 Å². The molecule has 0 radical (unpaired) electrons. The topological polar surface area (TPSA) is 55.1 Å². The number of nitrogens with two attached hydrogens (primary N) is 1. The van der Waals surface area contributed by atoms with Crippen LogP contribution in [0, 0.1) is 11.8 Å². The number of hydrogen-bond acceptors (Lipinski definition) is 3. The first-order valence-corrected chi connectivity index (χ1v) is 7.73. The summed E-state index contributed by atoms with van der Waals surface area (Å²) in [7, 11) is 0. The van der Waals surface area contributed by atoms with Crippen molar-refractivity contribution in [3.8, 4) is 11.8 Å². The van der Waals surface area contributed by atoms with Gasteiger partial charge < -0.3 is 11.1 Å². The summed E-state index contributed by atoms with van der Waals surface area (Å²) in [5.74, 6) is 5.54. The van der Waals surface area contributed by atoms with E-state index in [1.54, 1.807) is 18.2 Å². The number of carbonyl (C=O) groups excluding carboxylic acids is 1. The first-order valence-electron chi connectivity index (χ1n) is 6.09. The Morgan fingerprint density at radius 3 is 2.81 bits per heavy atom. The van der Waals surface area contributed by atoms with Crippen LogP contribution in [-0.4, -0.2) is 12.5 Å². The third-order valence-corrected chi connectivity index (χ3v) is 4.27. The van der Waals surface area contributed by atoms with E-state index in [9.17, 15) is 4.79 Å². The quantitative estimate of drug-likeness (QED) is 0.843. The van der Waals surface area contributed by atoms with Crippen LogP contribution < -0.4 is 11.1 Å². The highest BCUT2D eigenvalue weighted by Gasteiger charge is 2.08. The normalized spacial score (nSPS) is 9.86. The average molecular weight is 339 g/mol. The van der Waals surface area contributed by atoms with Crippen molar-refractivity contribution in [3.63, 3.8) is 0 Å². The van der Waals surface area contributed by atoms with E-state index in [1.165, 1.54) is 11.3 Å². The second-order valence-electron chi connectivity index (χ2n) is 4.12. The average Bonchev–Trinajstić information content (AvgIpc) is 2.93. The summed E-state index contributed by atoms with van der Waals surface area (Å²) < 4.78 is 0. The molecule has 3 N–H and O–H groups in total. The lowest BCUT2D eigenvalue weighted by Gasteiger charge is -2.04. The molecule has 1 aromatic heterocycles. The van der Waals surface area contributed by atoms with Crippen molar-refractivity contribution in [2.24, 2.45) is 5.73 Å². The molecule has 108 valence electrons. The summed E-state index contributed by atoms with van der Waals surface area (Å²) in [5.41, 5.74) is 6.70. The van der Waals surface area contributed by atoms with Gasteiger partial charge in [0.05, 0.1) is 23.1 Å². The van der Waals surface area contributed by atoms with E-state index in [-0.39, 0.29) is 5.91 Å². The molecular weight excluding hydrogens is 327 g/mol. The van der Waals surface area contributed by atoms with Crippen molar-refractivity contribution in [3.05, 3.63) is 55.7 Å². The van der Waals surface area contributed by atoms with Crippen LogP contribution in [0.15, 0.2) is 29.6 Å². The molecule has 2 aromatic rings. The molecule has 0 aliphatic heterocycles. The zero-order valence-electron chi connectivity index (χ0n) is 11.0. The van der Waals surface area contributed by atoms with Gasteiger partial charge in [0.15, 0.2) is 0 Å². The molecule has 2 rings (SSSR count). The number of nitrogens with one attached hydrogen (secondary N) is 1. The first kappa shape index (κ1) is 15.9. The standard InChI is InChI=1S/C15H12Cl2N2OS/c16-13-4-3-11(7-14(13)17)15(20)19-8-12-6-10(9-21-12)2-1-5-18/h3-4,6-7,9H,5,8,18H2,(H,19,20). The van der Waals surface area contributed by atoms with Crippen LogP contribution in [-0.2, 0) is 6.54 Å². The van der Waals surface area contributed by atoms with Gasteiger partial charge in [-0.3, -0.25) is 4.79 Å². The van der Waals surface area contributed by atoms with E-state index in [0.717, 1.165) is 10.4 Å². The fourth-order valence-electron chi connectivity index (χ4n) is 1.60. The zero-order chi connectivity index (χ0) is 15.2. The molecule has 1 aromatic carbocycles. The minimum atomic E-state index is -0.198. The Morgan fingerprint density at radius 2 is 2.10 bits per heavy atom. The molecule has 0 bridgehead atoms. The SMILES string of the molecule is NCC#Cc1csc(CNC(=O)c2ccc(Cl)c(Cl)c2)c1. The van der Waals surface area contributed by atoms with Gasteiger partial charge in [-0.2, -0.15) is 0 Å². The Labute approximate surface area is 137 Å². The molecule has 0 fully saturated rings. The van der Waals surface area contributed by atoms with Crippen LogP contribution in [0.25, 0.3) is 0 Å². The van der Waals surface area contributed by atoms with Gasteiger partial charge in [-0.05, 0) is 24.3 Å². The molecule has 0 saturated heterocycles. The fraction of sp³-hybridized carbons (Fsp3) is 0.133. The third kappa shape index (κ3) is 4.48. The largest absolute Gasteiger partial charge is 0.347 e. The number of benzene rings is 1. The Balaban J connectivity index is 1.97. The number of amides is 1. The van der Waals surface area contributed by atoms with E-state index in [2.05, 4.69) is 17.2 Å². The minimum absolute atomic E-state index is 0.198. The lowest BCUT2D eigenvalue weighted by atomic mass is 10.2. The summed E-state index contributed by atoms with van der Waals surface area (Å²) in [6, 6.07) is 6.72. The van der Waals surface area contributed by atoms with Gasteiger partial charge in [0.2, 0.25) is 0 Å². The maximum absolute atomic E-state index is 12.0. The van der Waals surface area contributed by atoms with Gasteiger partial charge in [0, 0.05) is 21.4 Å². The predicted octanol–water partition coefficient (Wildman–Crippen LogP) is 3.30. The van der Waals surface area contributed by atoms with Crippen LogP contribution in [0.3, 0.4) is 0 Å². The molecule has 21 heavy (non-hydrogen) atoms. The summed E-state index contributed by atoms with van der Waals surface area (Å²) in [6.45, 7) is 0.771. The minimum Gasteiger partial charge on any atom is -0.347 e. The number of rotatable bonds is 3. The molecule has 0 aliphatic carbocycles. The van der Waals surface area contributed by atoms with Crippen LogP contribution in [0.1, 0.15) is 20.8 Å². The van der Waals surface area contributed by atoms with Gasteiger partial charge in [-0.15, -0.1) is 11.3 Å². The summed E-state index contributed by atoms with van der Waals surface area (Å²) in [4.78, 5) is 13.0. The maximum atomic E-state index is 12.0. The maximum Gasteiger partial charge on any atom is 0.251 e. The first-order chi connectivity index (χ1) is 10.1. The second kappa shape index (κ2) is 7.48. The lowest BCUT2D eigenvalue weighted by molar-refractivity contribution is 0.0951. The molecule has 3 nitrogen and oxygen atoms in total. The summed E-state index contributed by atoms with van der Waals surface area (Å²) in [5, 5.41) is 5.55. The van der Waals surface area contributed by atoms with Gasteiger partial charge >= 0.3 is 0 Å². The van der Waals surface area contributed by atoms with Gasteiger partial charge in [-0.25, -0.2) is 0 Å². The molecule has 1 heterocycles. The number of carbonyl (C=O) groups is 1. The zero-order valence-corrected chi connectivity index (χ0v) is 13.3. The second-order valence-corrected chi connectivity index (χ2v) is 5.93. The molecule has 0 aliphatic rings. The Kier molecular flexibility index (Phi) is 5.66. The summed E-state index contributed by atoms with van der Waals surface area (Å²) >= 11 is 13.2. The van der Waals surface area contributed by atoms with Crippen LogP contribution in [0.2, 0.25) is 10.0 Å². The highest BCUT2D eigenvalue weighted by molar-refractivity contribution is 7.10. The van der Waals surface area contributed by atoms with Crippen molar-refractivity contribution in [2.75, 3.05) is 6.54 Å². The molecule has 0 spiro atoms. The van der Waals surface area contributed by atoms with Crippen molar-refractivity contribution in [1.82, 2.24) is 5.32 Å². The summed E-state index contributed by atoms with van der Waals surface area (Å²) in [6.07, 6.45) is 0. The molecule has 0 unspecified atom stereocenters. The van der Waals surface area contributed by atoms with Crippen LogP contribution >= 0.6 is 34.5 Å². The fourth-order valence-corrected chi connectivity index (χ4v) is 2.65. The van der Waals surface area contributed by atoms with Gasteiger partial charge in [0.1, 0.15) is 0 Å². The third-order valence-electron chi connectivity index (χ3n) is 2.59. The number of halogens is 2.